The zero-order valence-corrected chi connectivity index (χ0v) is 13.4. The maximum atomic E-state index is 12.1. The molecule has 0 heterocycles. The van der Waals surface area contributed by atoms with Crippen molar-refractivity contribution >= 4 is 11.9 Å². The van der Waals surface area contributed by atoms with Crippen LogP contribution in [0.3, 0.4) is 0 Å². The Kier molecular flexibility index (Phi) is 6.37. The largest absolute Gasteiger partial charge is 0.482 e. The Morgan fingerprint density at radius 1 is 1.32 bits per heavy atom. The van der Waals surface area contributed by atoms with Crippen LogP contribution in [-0.4, -0.2) is 43.3 Å². The molecule has 2 N–H and O–H groups in total. The lowest BCUT2D eigenvalue weighted by Crippen LogP contribution is -2.40. The molecule has 1 unspecified atom stereocenters. The number of carboxylic acid groups (broad SMARTS) is 1. The number of amides is 1. The van der Waals surface area contributed by atoms with E-state index < -0.39 is 12.6 Å². The molecule has 0 aliphatic rings. The zero-order chi connectivity index (χ0) is 16.8. The number of benzene rings is 1. The Morgan fingerprint density at radius 3 is 2.55 bits per heavy atom. The molecule has 0 saturated heterocycles. The van der Waals surface area contributed by atoms with Gasteiger partial charge in [0.25, 0.3) is 5.91 Å². The molecule has 0 aromatic heterocycles. The number of hydrogen-bond acceptors (Lipinski definition) is 4. The van der Waals surface area contributed by atoms with Gasteiger partial charge in [-0.3, -0.25) is 4.79 Å². The average Bonchev–Trinajstić information content (AvgIpc) is 2.44. The number of aliphatic carboxylic acids is 1. The third-order valence-electron chi connectivity index (χ3n) is 3.16. The van der Waals surface area contributed by atoms with E-state index in [0.717, 1.165) is 0 Å². The molecule has 0 aliphatic carbocycles. The number of ether oxygens (including phenoxy) is 2. The first-order chi connectivity index (χ1) is 10.2. The molecule has 1 amide bonds. The Morgan fingerprint density at radius 2 is 2.00 bits per heavy atom. The number of hydrogen-bond donors (Lipinski definition) is 2. The summed E-state index contributed by atoms with van der Waals surface area (Å²) >= 11 is 0. The first-order valence-electron chi connectivity index (χ1n) is 6.99. The summed E-state index contributed by atoms with van der Waals surface area (Å²) in [6.45, 7) is 6.05. The molecule has 6 heteroatoms. The quantitative estimate of drug-likeness (QED) is 0.804. The van der Waals surface area contributed by atoms with Crippen LogP contribution < -0.4 is 10.1 Å². The van der Waals surface area contributed by atoms with Crippen molar-refractivity contribution in [2.75, 3.05) is 20.3 Å². The second-order valence-electron chi connectivity index (χ2n) is 6.01. The molecule has 0 bridgehead atoms. The summed E-state index contributed by atoms with van der Waals surface area (Å²) in [5, 5.41) is 11.4. The Hall–Kier alpha value is -2.08. The molecule has 22 heavy (non-hydrogen) atoms. The fourth-order valence-electron chi connectivity index (χ4n) is 1.90. The predicted octanol–water partition coefficient (Wildman–Crippen LogP) is 1.94. The van der Waals surface area contributed by atoms with Gasteiger partial charge in [-0.2, -0.15) is 0 Å². The van der Waals surface area contributed by atoms with Gasteiger partial charge in [0.15, 0.2) is 6.61 Å². The van der Waals surface area contributed by atoms with Crippen molar-refractivity contribution in [1.29, 1.82) is 0 Å². The smallest absolute Gasteiger partial charge is 0.341 e. The first kappa shape index (κ1) is 18.0. The van der Waals surface area contributed by atoms with Crippen LogP contribution in [0, 0.1) is 5.41 Å². The van der Waals surface area contributed by atoms with E-state index in [9.17, 15) is 9.59 Å². The highest BCUT2D eigenvalue weighted by molar-refractivity contribution is 5.94. The van der Waals surface area contributed by atoms with Crippen LogP contribution in [0.25, 0.3) is 0 Å². The Balaban J connectivity index is 2.65. The van der Waals surface area contributed by atoms with E-state index in [0.29, 0.717) is 17.9 Å². The molecule has 1 aromatic rings. The summed E-state index contributed by atoms with van der Waals surface area (Å²) in [5.74, 6) is -0.982. The molecular formula is C16H23NO5. The van der Waals surface area contributed by atoms with E-state index in [-0.39, 0.29) is 17.4 Å². The molecule has 122 valence electrons. The van der Waals surface area contributed by atoms with Crippen molar-refractivity contribution in [2.24, 2.45) is 5.41 Å². The molecule has 0 spiro atoms. The van der Waals surface area contributed by atoms with E-state index in [1.54, 1.807) is 25.3 Å². The van der Waals surface area contributed by atoms with Crippen LogP contribution in [-0.2, 0) is 9.53 Å². The van der Waals surface area contributed by atoms with E-state index in [4.69, 9.17) is 14.6 Å². The second-order valence-corrected chi connectivity index (χ2v) is 6.01. The highest BCUT2D eigenvalue weighted by Gasteiger charge is 2.24. The number of methoxy groups -OCH3 is 1. The summed E-state index contributed by atoms with van der Waals surface area (Å²) in [6.07, 6.45) is -0.108. The molecule has 1 atom stereocenters. The summed E-state index contributed by atoms with van der Waals surface area (Å²) in [5.41, 5.74) is 0.320. The minimum atomic E-state index is -1.07. The van der Waals surface area contributed by atoms with Gasteiger partial charge < -0.3 is 19.9 Å². The van der Waals surface area contributed by atoms with Gasteiger partial charge >= 0.3 is 5.97 Å². The van der Waals surface area contributed by atoms with Gasteiger partial charge in [-0.25, -0.2) is 4.79 Å². The van der Waals surface area contributed by atoms with Gasteiger partial charge in [-0.1, -0.05) is 26.8 Å². The average molecular weight is 309 g/mol. The lowest BCUT2D eigenvalue weighted by atomic mass is 9.89. The van der Waals surface area contributed by atoms with Crippen LogP contribution in [0.15, 0.2) is 24.3 Å². The van der Waals surface area contributed by atoms with E-state index in [1.807, 2.05) is 20.8 Å². The third kappa shape index (κ3) is 5.73. The van der Waals surface area contributed by atoms with Crippen LogP contribution >= 0.6 is 0 Å². The second kappa shape index (κ2) is 7.79. The Bertz CT molecular complexity index is 522. The van der Waals surface area contributed by atoms with Crippen molar-refractivity contribution < 1.29 is 24.2 Å². The highest BCUT2D eigenvalue weighted by atomic mass is 16.5. The van der Waals surface area contributed by atoms with Crippen molar-refractivity contribution in [2.45, 2.75) is 26.9 Å². The van der Waals surface area contributed by atoms with Gasteiger partial charge in [0.05, 0.1) is 6.10 Å². The van der Waals surface area contributed by atoms with Gasteiger partial charge in [-0.15, -0.1) is 0 Å². The van der Waals surface area contributed by atoms with Crippen molar-refractivity contribution in [1.82, 2.24) is 5.32 Å². The summed E-state index contributed by atoms with van der Waals surface area (Å²) in [7, 11) is 1.61. The van der Waals surface area contributed by atoms with Crippen molar-refractivity contribution in [3.63, 3.8) is 0 Å². The number of carbonyl (C=O) groups excluding carboxylic acids is 1. The van der Waals surface area contributed by atoms with Crippen LogP contribution in [0.4, 0.5) is 0 Å². The maximum Gasteiger partial charge on any atom is 0.341 e. The fourth-order valence-corrected chi connectivity index (χ4v) is 1.90. The molecule has 0 radical (unpaired) electrons. The van der Waals surface area contributed by atoms with E-state index >= 15 is 0 Å². The minimum Gasteiger partial charge on any atom is -0.482 e. The van der Waals surface area contributed by atoms with Crippen LogP contribution in [0.2, 0.25) is 0 Å². The topological polar surface area (TPSA) is 84.9 Å². The molecule has 6 nitrogen and oxygen atoms in total. The molecule has 0 aliphatic heterocycles. The van der Waals surface area contributed by atoms with E-state index in [1.165, 1.54) is 6.07 Å². The fraction of sp³-hybridized carbons (Fsp3) is 0.500. The van der Waals surface area contributed by atoms with Crippen LogP contribution in [0.1, 0.15) is 31.1 Å². The summed E-state index contributed by atoms with van der Waals surface area (Å²) < 4.78 is 10.4. The highest BCUT2D eigenvalue weighted by Crippen LogP contribution is 2.21. The molecule has 1 aromatic carbocycles. The standard InChI is InChI=1S/C16H23NO5/c1-16(2,3)13(21-4)9-17-15(20)11-6-5-7-12(8-11)22-10-14(18)19/h5-8,13H,9-10H2,1-4H3,(H,17,20)(H,18,19). The number of carbonyl (C=O) groups is 2. The number of nitrogens with one attached hydrogen (secondary N) is 1. The Labute approximate surface area is 130 Å². The van der Waals surface area contributed by atoms with Gasteiger partial charge in [-0.05, 0) is 23.6 Å². The van der Waals surface area contributed by atoms with Crippen LogP contribution in [0.5, 0.6) is 5.75 Å². The molecule has 0 saturated carbocycles. The maximum absolute atomic E-state index is 12.1. The normalized spacial score (nSPS) is 12.5. The number of rotatable bonds is 7. The van der Waals surface area contributed by atoms with Gasteiger partial charge in [0, 0.05) is 19.2 Å². The predicted molar refractivity (Wildman–Crippen MR) is 82.2 cm³/mol. The lowest BCUT2D eigenvalue weighted by Gasteiger charge is -2.29. The van der Waals surface area contributed by atoms with Gasteiger partial charge in [0.1, 0.15) is 5.75 Å². The monoisotopic (exact) mass is 309 g/mol. The number of carboxylic acids is 1. The van der Waals surface area contributed by atoms with Crippen molar-refractivity contribution in [3.05, 3.63) is 29.8 Å². The first-order valence-corrected chi connectivity index (χ1v) is 6.99. The third-order valence-corrected chi connectivity index (χ3v) is 3.16. The molecule has 1 rings (SSSR count). The SMILES string of the molecule is COC(CNC(=O)c1cccc(OCC(=O)O)c1)C(C)(C)C. The minimum absolute atomic E-state index is 0.0888. The summed E-state index contributed by atoms with van der Waals surface area (Å²) in [6, 6.07) is 6.40. The van der Waals surface area contributed by atoms with Gasteiger partial charge in [0.2, 0.25) is 0 Å². The van der Waals surface area contributed by atoms with Crippen molar-refractivity contribution in [3.8, 4) is 5.75 Å². The summed E-state index contributed by atoms with van der Waals surface area (Å²) in [4.78, 5) is 22.6. The molecule has 0 fully saturated rings. The lowest BCUT2D eigenvalue weighted by molar-refractivity contribution is -0.139. The molecular weight excluding hydrogens is 286 g/mol. The van der Waals surface area contributed by atoms with E-state index in [2.05, 4.69) is 5.32 Å². The zero-order valence-electron chi connectivity index (χ0n) is 13.4.